The predicted octanol–water partition coefficient (Wildman–Crippen LogP) is 9.35. The number of hydrogen-bond acceptors (Lipinski definition) is 14. The Kier molecular flexibility index (Phi) is 16.3. The van der Waals surface area contributed by atoms with Gasteiger partial charge in [-0.1, -0.05) is 12.1 Å². The van der Waals surface area contributed by atoms with E-state index < -0.39 is 35.6 Å². The van der Waals surface area contributed by atoms with Crippen molar-refractivity contribution >= 4 is 45.8 Å². The number of benzene rings is 2. The van der Waals surface area contributed by atoms with Crippen molar-refractivity contribution < 1.29 is 55.6 Å². The smallest absolute Gasteiger partial charge is 0.433 e. The van der Waals surface area contributed by atoms with E-state index in [1.807, 2.05) is 48.9 Å². The van der Waals surface area contributed by atoms with Crippen LogP contribution >= 0.6 is 22.7 Å². The SMILES string of the molecule is COc1ccc(-c2nc3c(C(=O)N4CCN([C@@H](CO)c5cccs5)C[C@H]4C)cnn3c(C(F)(F)F)c2C)cc1.COc1ccc(-c2nc3c(C(=O)N4CCN([C@H](CO)c5cccs5)C[C@H]4C)cnn3c(C(F)(F)F)c2C)cc1. The van der Waals surface area contributed by atoms with Crippen LogP contribution in [0, 0.1) is 13.8 Å². The molecule has 2 amide bonds. The summed E-state index contributed by atoms with van der Waals surface area (Å²) in [6, 6.07) is 20.1. The fourth-order valence-corrected chi connectivity index (χ4v) is 12.1. The van der Waals surface area contributed by atoms with Crippen molar-refractivity contribution in [3.8, 4) is 34.0 Å². The van der Waals surface area contributed by atoms with Gasteiger partial charge in [-0.05, 0) is 99.1 Å². The number of hydrogen-bond donors (Lipinski definition) is 2. The lowest BCUT2D eigenvalue weighted by Crippen LogP contribution is -2.55. The standard InChI is InChI=1S/2C27H28F3N5O3S/c2*1-16-14-33(21(15-36)22-5-4-12-39-22)10-11-34(16)26(37)20-13-31-35-24(27(28,29)30)17(2)23(32-25(20)35)18-6-8-19(38-3)9-7-18/h2*4-9,12-13,16,21,36H,10-11,14-15H2,1-3H3/t16-,21+;16-,21-/m11/s1. The van der Waals surface area contributed by atoms with Crippen LogP contribution in [-0.2, 0) is 12.4 Å². The second-order valence-electron chi connectivity index (χ2n) is 19.0. The second-order valence-corrected chi connectivity index (χ2v) is 21.0. The van der Waals surface area contributed by atoms with Gasteiger partial charge in [-0.25, -0.2) is 19.0 Å². The van der Waals surface area contributed by atoms with Gasteiger partial charge in [0.25, 0.3) is 11.8 Å². The van der Waals surface area contributed by atoms with Crippen LogP contribution < -0.4 is 9.47 Å². The molecule has 0 bridgehead atoms. The maximum Gasteiger partial charge on any atom is 0.433 e. The van der Waals surface area contributed by atoms with E-state index in [0.29, 0.717) is 61.9 Å². The Morgan fingerprint density at radius 2 is 0.987 bits per heavy atom. The number of amides is 2. The molecule has 0 aliphatic carbocycles. The van der Waals surface area contributed by atoms with Crippen molar-refractivity contribution in [3.63, 3.8) is 0 Å². The van der Waals surface area contributed by atoms with Crippen LogP contribution in [0.1, 0.15) is 78.9 Å². The highest BCUT2D eigenvalue weighted by molar-refractivity contribution is 7.10. The van der Waals surface area contributed by atoms with Gasteiger partial charge in [0.15, 0.2) is 22.7 Å². The number of nitrogens with zero attached hydrogens (tertiary/aromatic N) is 10. The molecule has 0 saturated carbocycles. The zero-order chi connectivity index (χ0) is 55.8. The van der Waals surface area contributed by atoms with Crippen molar-refractivity contribution in [2.24, 2.45) is 0 Å². The van der Waals surface area contributed by atoms with Gasteiger partial charge in [0, 0.05) is 83.4 Å². The normalized spacial score (nSPS) is 17.5. The molecule has 78 heavy (non-hydrogen) atoms. The molecule has 412 valence electrons. The summed E-state index contributed by atoms with van der Waals surface area (Å²) in [5.41, 5.74) is -1.25. The lowest BCUT2D eigenvalue weighted by molar-refractivity contribution is -0.144. The summed E-state index contributed by atoms with van der Waals surface area (Å²) in [5.74, 6) is 0.256. The van der Waals surface area contributed by atoms with E-state index in [2.05, 4.69) is 30.0 Å². The maximum absolute atomic E-state index is 14.3. The molecule has 24 heteroatoms. The molecule has 10 rings (SSSR count). The Bertz CT molecular complexity index is 3170. The highest BCUT2D eigenvalue weighted by atomic mass is 32.1. The Balaban J connectivity index is 0.000000190. The largest absolute Gasteiger partial charge is 0.497 e. The van der Waals surface area contributed by atoms with Crippen LogP contribution in [0.4, 0.5) is 26.3 Å². The van der Waals surface area contributed by atoms with Gasteiger partial charge >= 0.3 is 12.4 Å². The summed E-state index contributed by atoms with van der Waals surface area (Å²) in [4.78, 5) is 46.1. The van der Waals surface area contributed by atoms with Crippen molar-refractivity contribution in [2.75, 3.05) is 66.7 Å². The van der Waals surface area contributed by atoms with E-state index in [9.17, 15) is 46.1 Å². The van der Waals surface area contributed by atoms with E-state index in [1.54, 1.807) is 81.0 Å². The van der Waals surface area contributed by atoms with E-state index in [4.69, 9.17) is 9.47 Å². The topological polar surface area (TPSA) is 166 Å². The molecule has 6 aromatic heterocycles. The molecule has 4 atom stereocenters. The van der Waals surface area contributed by atoms with Crippen molar-refractivity contribution in [3.05, 3.63) is 139 Å². The molecule has 8 aromatic rings. The zero-order valence-electron chi connectivity index (χ0n) is 43.3. The molecule has 2 aromatic carbocycles. The Morgan fingerprint density at radius 1 is 0.615 bits per heavy atom. The number of aromatic nitrogens is 6. The summed E-state index contributed by atoms with van der Waals surface area (Å²) >= 11 is 3.13. The first-order valence-corrected chi connectivity index (χ1v) is 26.6. The Hall–Kier alpha value is -6.96. The highest BCUT2D eigenvalue weighted by Gasteiger charge is 2.42. The molecule has 2 aliphatic rings. The number of ether oxygens (including phenoxy) is 2. The summed E-state index contributed by atoms with van der Waals surface area (Å²) < 4.78 is 97.3. The molecule has 2 N–H and O–H groups in total. The van der Waals surface area contributed by atoms with Crippen LogP contribution in [0.15, 0.2) is 96.0 Å². The average Bonchev–Trinajstić information content (AvgIpc) is 4.33. The van der Waals surface area contributed by atoms with Gasteiger partial charge < -0.3 is 29.5 Å². The molecule has 2 saturated heterocycles. The number of halogens is 6. The predicted molar refractivity (Wildman–Crippen MR) is 282 cm³/mol. The van der Waals surface area contributed by atoms with Crippen LogP contribution in [0.3, 0.4) is 0 Å². The van der Waals surface area contributed by atoms with Crippen molar-refractivity contribution in [1.82, 2.24) is 48.8 Å². The molecule has 8 heterocycles. The molecule has 0 spiro atoms. The third-order valence-corrected chi connectivity index (χ3v) is 16.2. The number of rotatable bonds is 12. The minimum absolute atomic E-state index is 0.00697. The van der Waals surface area contributed by atoms with Crippen molar-refractivity contribution in [1.29, 1.82) is 0 Å². The van der Waals surface area contributed by atoms with Gasteiger partial charge in [-0.2, -0.15) is 36.5 Å². The number of alkyl halides is 6. The minimum Gasteiger partial charge on any atom is -0.497 e. The van der Waals surface area contributed by atoms with Crippen LogP contribution in [0.25, 0.3) is 33.8 Å². The fourth-order valence-electron chi connectivity index (χ4n) is 10.4. The third kappa shape index (κ3) is 10.9. The van der Waals surface area contributed by atoms with Crippen LogP contribution in [-0.4, -0.2) is 150 Å². The molecule has 0 radical (unpaired) electrons. The summed E-state index contributed by atoms with van der Waals surface area (Å²) in [7, 11) is 3.01. The van der Waals surface area contributed by atoms with E-state index >= 15 is 0 Å². The lowest BCUT2D eigenvalue weighted by Gasteiger charge is -2.42. The quantitative estimate of drug-likeness (QED) is 0.112. The molecule has 2 aliphatic heterocycles. The lowest BCUT2D eigenvalue weighted by atomic mass is 10.0. The van der Waals surface area contributed by atoms with E-state index in [0.717, 1.165) is 18.8 Å². The Morgan fingerprint density at radius 3 is 1.28 bits per heavy atom. The Labute approximate surface area is 452 Å². The van der Waals surface area contributed by atoms with Gasteiger partial charge in [0.05, 0.1) is 63.3 Å². The monoisotopic (exact) mass is 1120 g/mol. The number of thiophene rings is 2. The number of piperazine rings is 2. The summed E-state index contributed by atoms with van der Waals surface area (Å²) in [5, 5.41) is 31.9. The highest BCUT2D eigenvalue weighted by Crippen LogP contribution is 2.40. The number of aliphatic hydroxyl groups is 2. The van der Waals surface area contributed by atoms with Crippen LogP contribution in [0.2, 0.25) is 0 Å². The molecule has 0 unspecified atom stereocenters. The fraction of sp³-hybridized carbons (Fsp3) is 0.370. The number of carbonyl (C=O) groups excluding carboxylic acids is 2. The summed E-state index contributed by atoms with van der Waals surface area (Å²) in [6.45, 7) is 9.11. The van der Waals surface area contributed by atoms with E-state index in [1.165, 1.54) is 40.5 Å². The van der Waals surface area contributed by atoms with Gasteiger partial charge in [0.2, 0.25) is 0 Å². The maximum atomic E-state index is 14.3. The minimum atomic E-state index is -4.72. The number of methoxy groups -OCH3 is 2. The molecular formula is C54H56F6N10O6S2. The molecular weight excluding hydrogens is 1060 g/mol. The average molecular weight is 1120 g/mol. The van der Waals surface area contributed by atoms with Crippen molar-refractivity contribution in [2.45, 2.75) is 64.2 Å². The zero-order valence-corrected chi connectivity index (χ0v) is 44.9. The molecule has 16 nitrogen and oxygen atoms in total. The van der Waals surface area contributed by atoms with E-state index in [-0.39, 0.29) is 82.3 Å². The molecule has 2 fully saturated rings. The van der Waals surface area contributed by atoms with Crippen LogP contribution in [0.5, 0.6) is 11.5 Å². The number of aliphatic hydroxyl groups excluding tert-OH is 2. The first kappa shape index (κ1) is 55.8. The third-order valence-electron chi connectivity index (χ3n) is 14.3. The summed E-state index contributed by atoms with van der Waals surface area (Å²) in [6.07, 6.45) is -7.12. The van der Waals surface area contributed by atoms with Gasteiger partial charge in [-0.15, -0.1) is 22.7 Å². The first-order chi connectivity index (χ1) is 37.3. The number of fused-ring (bicyclic) bond motifs is 2. The second kappa shape index (κ2) is 22.8. The van der Waals surface area contributed by atoms with Gasteiger partial charge in [-0.3, -0.25) is 19.4 Å². The number of carbonyl (C=O) groups is 2. The first-order valence-electron chi connectivity index (χ1n) is 24.9. The van der Waals surface area contributed by atoms with Gasteiger partial charge in [0.1, 0.15) is 22.6 Å².